The number of fused-ring (bicyclic) bond motifs is 1. The van der Waals surface area contributed by atoms with Crippen molar-refractivity contribution in [2.45, 2.75) is 44.6 Å². The number of carbonyl (C=O) groups excluding carboxylic acids is 1. The maximum atomic E-state index is 11.3. The maximum absolute atomic E-state index is 11.3. The zero-order valence-electron chi connectivity index (χ0n) is 11.2. The molecule has 3 heteroatoms. The topological polar surface area (TPSA) is 52.3 Å². The number of hydrogen-bond donors (Lipinski definition) is 1. The lowest BCUT2D eigenvalue weighted by Crippen LogP contribution is -2.26. The number of aryl methyl sites for hydroxylation is 1. The molecule has 0 saturated heterocycles. The van der Waals surface area contributed by atoms with E-state index in [4.69, 9.17) is 10.5 Å². The Balaban J connectivity index is 1.76. The molecule has 1 atom stereocenters. The summed E-state index contributed by atoms with van der Waals surface area (Å²) in [5, 5.41) is 0. The van der Waals surface area contributed by atoms with Crippen LogP contribution in [0.4, 0.5) is 0 Å². The van der Waals surface area contributed by atoms with Crippen molar-refractivity contribution in [2.75, 3.05) is 6.61 Å². The Labute approximate surface area is 114 Å². The van der Waals surface area contributed by atoms with Gasteiger partial charge in [0.05, 0.1) is 6.61 Å². The Hall–Kier alpha value is -1.35. The van der Waals surface area contributed by atoms with Crippen molar-refractivity contribution in [1.82, 2.24) is 0 Å². The van der Waals surface area contributed by atoms with Crippen molar-refractivity contribution in [3.8, 4) is 5.75 Å². The molecule has 2 N–H and O–H groups in total. The minimum absolute atomic E-state index is 0.0559. The summed E-state index contributed by atoms with van der Waals surface area (Å²) in [6.07, 6.45) is 5.45. The SMILES string of the molecule is NC(c1ccc2c(c1)CCCO2)C1CCC(=O)CC1. The first-order valence-electron chi connectivity index (χ1n) is 7.27. The van der Waals surface area contributed by atoms with Crippen molar-refractivity contribution < 1.29 is 9.53 Å². The highest BCUT2D eigenvalue weighted by molar-refractivity contribution is 5.79. The lowest BCUT2D eigenvalue weighted by molar-refractivity contribution is -0.121. The number of ketones is 1. The molecule has 3 nitrogen and oxygen atoms in total. The Morgan fingerprint density at radius 1 is 1.21 bits per heavy atom. The molecule has 1 aliphatic carbocycles. The van der Waals surface area contributed by atoms with E-state index in [-0.39, 0.29) is 6.04 Å². The van der Waals surface area contributed by atoms with Gasteiger partial charge in [0.15, 0.2) is 0 Å². The predicted octanol–water partition coefficient (Wildman–Crippen LogP) is 2.77. The zero-order valence-corrected chi connectivity index (χ0v) is 11.2. The summed E-state index contributed by atoms with van der Waals surface area (Å²) < 4.78 is 5.63. The molecule has 1 heterocycles. The van der Waals surface area contributed by atoms with E-state index in [0.717, 1.165) is 38.0 Å². The first kappa shape index (κ1) is 12.7. The second-order valence-corrected chi connectivity index (χ2v) is 5.72. The molecular weight excluding hydrogens is 238 g/mol. The number of carbonyl (C=O) groups is 1. The van der Waals surface area contributed by atoms with Crippen molar-refractivity contribution >= 4 is 5.78 Å². The number of benzene rings is 1. The van der Waals surface area contributed by atoms with Crippen molar-refractivity contribution in [3.05, 3.63) is 29.3 Å². The van der Waals surface area contributed by atoms with Gasteiger partial charge in [0.1, 0.15) is 11.5 Å². The Morgan fingerprint density at radius 3 is 2.79 bits per heavy atom. The summed E-state index contributed by atoms with van der Waals surface area (Å²) >= 11 is 0. The molecule has 1 fully saturated rings. The first-order valence-corrected chi connectivity index (χ1v) is 7.27. The second kappa shape index (κ2) is 5.33. The number of nitrogens with two attached hydrogens (primary N) is 1. The fraction of sp³-hybridized carbons (Fsp3) is 0.562. The molecule has 0 radical (unpaired) electrons. The van der Waals surface area contributed by atoms with Crippen LogP contribution in [0.3, 0.4) is 0 Å². The summed E-state index contributed by atoms with van der Waals surface area (Å²) in [5.41, 5.74) is 8.88. The smallest absolute Gasteiger partial charge is 0.132 e. The quantitative estimate of drug-likeness (QED) is 0.888. The van der Waals surface area contributed by atoms with Gasteiger partial charge >= 0.3 is 0 Å². The van der Waals surface area contributed by atoms with Crippen LogP contribution >= 0.6 is 0 Å². The number of rotatable bonds is 2. The Kier molecular flexibility index (Phi) is 3.56. The molecule has 1 saturated carbocycles. The average molecular weight is 259 g/mol. The molecular formula is C16H21NO2. The van der Waals surface area contributed by atoms with E-state index in [1.165, 1.54) is 11.1 Å². The van der Waals surface area contributed by atoms with Gasteiger partial charge in [-0.25, -0.2) is 0 Å². The number of Topliss-reactive ketones (excluding diaryl/α,β-unsaturated/α-hetero) is 1. The van der Waals surface area contributed by atoms with Gasteiger partial charge in [-0.15, -0.1) is 0 Å². The van der Waals surface area contributed by atoms with Crippen LogP contribution in [0.2, 0.25) is 0 Å². The molecule has 19 heavy (non-hydrogen) atoms. The highest BCUT2D eigenvalue weighted by Crippen LogP contribution is 2.34. The lowest BCUT2D eigenvalue weighted by atomic mass is 9.80. The van der Waals surface area contributed by atoms with E-state index < -0.39 is 0 Å². The number of ether oxygens (including phenoxy) is 1. The van der Waals surface area contributed by atoms with Crippen molar-refractivity contribution in [2.24, 2.45) is 11.7 Å². The Bertz CT molecular complexity index is 474. The third-order valence-corrected chi connectivity index (χ3v) is 4.41. The molecule has 0 bridgehead atoms. The fourth-order valence-electron chi connectivity index (χ4n) is 3.18. The molecule has 102 valence electrons. The van der Waals surface area contributed by atoms with Gasteiger partial charge in [0, 0.05) is 18.9 Å². The predicted molar refractivity (Wildman–Crippen MR) is 74.2 cm³/mol. The van der Waals surface area contributed by atoms with Crippen LogP contribution < -0.4 is 10.5 Å². The zero-order chi connectivity index (χ0) is 13.2. The summed E-state index contributed by atoms with van der Waals surface area (Å²) in [7, 11) is 0. The van der Waals surface area contributed by atoms with Gasteiger partial charge in [0.25, 0.3) is 0 Å². The summed E-state index contributed by atoms with van der Waals surface area (Å²) in [6, 6.07) is 6.40. The summed E-state index contributed by atoms with van der Waals surface area (Å²) in [5.74, 6) is 1.85. The summed E-state index contributed by atoms with van der Waals surface area (Å²) in [4.78, 5) is 11.3. The minimum Gasteiger partial charge on any atom is -0.493 e. The minimum atomic E-state index is 0.0559. The van der Waals surface area contributed by atoms with E-state index in [1.54, 1.807) is 0 Å². The van der Waals surface area contributed by atoms with Crippen LogP contribution in [-0.4, -0.2) is 12.4 Å². The van der Waals surface area contributed by atoms with Crippen LogP contribution in [0.25, 0.3) is 0 Å². The van der Waals surface area contributed by atoms with Gasteiger partial charge in [-0.2, -0.15) is 0 Å². The van der Waals surface area contributed by atoms with Gasteiger partial charge in [0.2, 0.25) is 0 Å². The monoisotopic (exact) mass is 259 g/mol. The van der Waals surface area contributed by atoms with Crippen LogP contribution in [0.1, 0.15) is 49.3 Å². The number of hydrogen-bond acceptors (Lipinski definition) is 3. The van der Waals surface area contributed by atoms with Crippen LogP contribution in [-0.2, 0) is 11.2 Å². The lowest BCUT2D eigenvalue weighted by Gasteiger charge is -2.28. The third-order valence-electron chi connectivity index (χ3n) is 4.41. The van der Waals surface area contributed by atoms with Gasteiger partial charge in [-0.1, -0.05) is 12.1 Å². The molecule has 1 aromatic rings. The fourth-order valence-corrected chi connectivity index (χ4v) is 3.18. The van der Waals surface area contributed by atoms with E-state index in [2.05, 4.69) is 18.2 Å². The standard InChI is InChI=1S/C16H21NO2/c17-16(11-3-6-14(18)7-4-11)13-5-8-15-12(10-13)2-1-9-19-15/h5,8,10-11,16H,1-4,6-7,9,17H2. The Morgan fingerprint density at radius 2 is 2.00 bits per heavy atom. The van der Waals surface area contributed by atoms with Crippen molar-refractivity contribution in [3.63, 3.8) is 0 Å². The maximum Gasteiger partial charge on any atom is 0.132 e. The van der Waals surface area contributed by atoms with Crippen molar-refractivity contribution in [1.29, 1.82) is 0 Å². The normalized spacial score (nSPS) is 21.6. The largest absolute Gasteiger partial charge is 0.493 e. The van der Waals surface area contributed by atoms with E-state index >= 15 is 0 Å². The highest BCUT2D eigenvalue weighted by atomic mass is 16.5. The van der Waals surface area contributed by atoms with E-state index in [0.29, 0.717) is 24.5 Å². The average Bonchev–Trinajstić information content (AvgIpc) is 2.47. The molecule has 1 aliphatic heterocycles. The van der Waals surface area contributed by atoms with Crippen LogP contribution in [0.15, 0.2) is 18.2 Å². The van der Waals surface area contributed by atoms with Gasteiger partial charge in [-0.05, 0) is 48.8 Å². The third kappa shape index (κ3) is 2.66. The van der Waals surface area contributed by atoms with Gasteiger partial charge in [-0.3, -0.25) is 4.79 Å². The summed E-state index contributed by atoms with van der Waals surface area (Å²) in [6.45, 7) is 0.823. The van der Waals surface area contributed by atoms with Gasteiger partial charge < -0.3 is 10.5 Å². The molecule has 1 aromatic carbocycles. The van der Waals surface area contributed by atoms with E-state index in [9.17, 15) is 4.79 Å². The molecule has 3 rings (SSSR count). The second-order valence-electron chi connectivity index (χ2n) is 5.72. The highest BCUT2D eigenvalue weighted by Gasteiger charge is 2.25. The van der Waals surface area contributed by atoms with Crippen LogP contribution in [0.5, 0.6) is 5.75 Å². The molecule has 0 amide bonds. The molecule has 0 spiro atoms. The molecule has 0 aromatic heterocycles. The van der Waals surface area contributed by atoms with Crippen LogP contribution in [0, 0.1) is 5.92 Å². The molecule has 1 unspecified atom stereocenters. The first-order chi connectivity index (χ1) is 9.24. The molecule has 2 aliphatic rings. The van der Waals surface area contributed by atoms with E-state index in [1.807, 2.05) is 0 Å².